The number of ketones is 1. The lowest BCUT2D eigenvalue weighted by Gasteiger charge is -2.19. The molecule has 2 heterocycles. The van der Waals surface area contributed by atoms with Gasteiger partial charge in [0.2, 0.25) is 0 Å². The molecule has 0 bridgehead atoms. The van der Waals surface area contributed by atoms with Gasteiger partial charge < -0.3 is 9.47 Å². The van der Waals surface area contributed by atoms with Gasteiger partial charge >= 0.3 is 0 Å². The Hall–Kier alpha value is -2.03. The van der Waals surface area contributed by atoms with Gasteiger partial charge in [-0.25, -0.2) is 0 Å². The van der Waals surface area contributed by atoms with E-state index in [2.05, 4.69) is 0 Å². The van der Waals surface area contributed by atoms with Crippen molar-refractivity contribution in [2.24, 2.45) is 0 Å². The number of carbonyl (C=O) groups excluding carboxylic acids is 1. The molecule has 1 atom stereocenters. The van der Waals surface area contributed by atoms with E-state index in [1.54, 1.807) is 29.6 Å². The summed E-state index contributed by atoms with van der Waals surface area (Å²) >= 11 is 7.21. The molecule has 1 unspecified atom stereocenters. The number of ether oxygens (including phenoxy) is 2. The number of fused-ring (bicyclic) bond motifs is 1. The van der Waals surface area contributed by atoms with Crippen LogP contribution in [0, 0.1) is 11.3 Å². The number of benzene rings is 1. The highest BCUT2D eigenvalue weighted by molar-refractivity contribution is 7.12. The molecule has 106 valence electrons. The molecule has 0 amide bonds. The normalized spacial score (nSPS) is 14.3. The molecule has 1 aromatic carbocycles. The maximum Gasteiger partial charge on any atom is 0.195 e. The van der Waals surface area contributed by atoms with Gasteiger partial charge in [-0.2, -0.15) is 5.26 Å². The topological polar surface area (TPSA) is 59.3 Å². The molecule has 0 fully saturated rings. The number of halogens is 1. The number of rotatable bonds is 3. The molecule has 0 aliphatic carbocycles. The Balaban J connectivity index is 1.95. The van der Waals surface area contributed by atoms with Crippen LogP contribution in [0.5, 0.6) is 11.5 Å². The molecule has 1 aliphatic heterocycles. The van der Waals surface area contributed by atoms with Crippen molar-refractivity contribution in [1.29, 1.82) is 5.26 Å². The lowest BCUT2D eigenvalue weighted by molar-refractivity contribution is 0.0982. The van der Waals surface area contributed by atoms with Gasteiger partial charge in [-0.3, -0.25) is 4.79 Å². The number of Topliss-reactive ketones (excluding diaryl/α,β-unsaturated/α-hetero) is 1. The summed E-state index contributed by atoms with van der Waals surface area (Å²) in [6, 6.07) is 8.80. The molecule has 3 rings (SSSR count). The quantitative estimate of drug-likeness (QED) is 0.810. The molecule has 0 spiro atoms. The second-order valence-electron chi connectivity index (χ2n) is 4.43. The summed E-state index contributed by atoms with van der Waals surface area (Å²) in [7, 11) is 0. The van der Waals surface area contributed by atoms with E-state index < -0.39 is 5.92 Å². The van der Waals surface area contributed by atoms with Crippen LogP contribution in [0.15, 0.2) is 29.6 Å². The fraction of sp³-hybridized carbons (Fsp3) is 0.200. The maximum absolute atomic E-state index is 12.5. The first-order valence-electron chi connectivity index (χ1n) is 6.27. The van der Waals surface area contributed by atoms with E-state index in [0.717, 1.165) is 0 Å². The minimum atomic E-state index is -0.906. The van der Waals surface area contributed by atoms with E-state index in [9.17, 15) is 10.1 Å². The van der Waals surface area contributed by atoms with Gasteiger partial charge in [0.05, 0.1) is 16.0 Å². The molecular weight excluding hydrogens is 310 g/mol. The highest BCUT2D eigenvalue weighted by Gasteiger charge is 2.26. The van der Waals surface area contributed by atoms with Crippen LogP contribution in [0.3, 0.4) is 0 Å². The van der Waals surface area contributed by atoms with Crippen molar-refractivity contribution in [1.82, 2.24) is 0 Å². The van der Waals surface area contributed by atoms with Crippen molar-refractivity contribution >= 4 is 28.7 Å². The second-order valence-corrected chi connectivity index (χ2v) is 5.75. The fourth-order valence-electron chi connectivity index (χ4n) is 2.12. The second kappa shape index (κ2) is 5.76. The number of nitriles is 1. The molecule has 1 aliphatic rings. The van der Waals surface area contributed by atoms with Crippen LogP contribution >= 0.6 is 22.9 Å². The first-order valence-corrected chi connectivity index (χ1v) is 7.53. The van der Waals surface area contributed by atoms with E-state index in [-0.39, 0.29) is 5.78 Å². The van der Waals surface area contributed by atoms with Gasteiger partial charge in [0, 0.05) is 0 Å². The molecule has 2 aromatic rings. The highest BCUT2D eigenvalue weighted by atomic mass is 35.5. The zero-order valence-corrected chi connectivity index (χ0v) is 12.4. The number of nitrogens with zero attached hydrogens (tertiary/aromatic N) is 1. The Labute approximate surface area is 130 Å². The first-order chi connectivity index (χ1) is 10.2. The average Bonchev–Trinajstić information content (AvgIpc) is 2.94. The van der Waals surface area contributed by atoms with Crippen LogP contribution < -0.4 is 9.47 Å². The van der Waals surface area contributed by atoms with Gasteiger partial charge in [-0.15, -0.1) is 11.3 Å². The summed E-state index contributed by atoms with van der Waals surface area (Å²) in [6.45, 7) is 0.954. The van der Waals surface area contributed by atoms with Crippen molar-refractivity contribution < 1.29 is 14.3 Å². The number of hydrogen-bond acceptors (Lipinski definition) is 5. The van der Waals surface area contributed by atoms with Crippen molar-refractivity contribution in [3.05, 3.63) is 45.1 Å². The third-order valence-electron chi connectivity index (χ3n) is 3.13. The fourth-order valence-corrected chi connectivity index (χ4v) is 3.24. The molecule has 4 nitrogen and oxygen atoms in total. The molecule has 0 saturated heterocycles. The maximum atomic E-state index is 12.5. The monoisotopic (exact) mass is 319 g/mol. The third-order valence-corrected chi connectivity index (χ3v) is 4.49. The van der Waals surface area contributed by atoms with Crippen LogP contribution in [0.1, 0.15) is 21.2 Å². The van der Waals surface area contributed by atoms with Crippen LogP contribution in [-0.2, 0) is 0 Å². The Morgan fingerprint density at radius 3 is 2.71 bits per heavy atom. The van der Waals surface area contributed by atoms with Crippen LogP contribution in [0.4, 0.5) is 0 Å². The molecule has 6 heteroatoms. The minimum Gasteiger partial charge on any atom is -0.486 e. The Morgan fingerprint density at radius 1 is 1.29 bits per heavy atom. The van der Waals surface area contributed by atoms with Gasteiger partial charge in [-0.05, 0) is 29.1 Å². The zero-order chi connectivity index (χ0) is 14.8. The summed E-state index contributed by atoms with van der Waals surface area (Å²) in [5, 5.41) is 11.5. The Kier molecular flexibility index (Phi) is 3.82. The van der Waals surface area contributed by atoms with Crippen molar-refractivity contribution in [2.45, 2.75) is 5.92 Å². The summed E-state index contributed by atoms with van der Waals surface area (Å²) in [5.74, 6) is -0.0153. The van der Waals surface area contributed by atoms with E-state index in [0.29, 0.717) is 40.2 Å². The van der Waals surface area contributed by atoms with Crippen molar-refractivity contribution in [3.63, 3.8) is 0 Å². The average molecular weight is 320 g/mol. The van der Waals surface area contributed by atoms with E-state index in [1.165, 1.54) is 11.3 Å². The predicted octanol–water partition coefficient (Wildman–Crippen LogP) is 3.66. The Morgan fingerprint density at radius 2 is 2.05 bits per heavy atom. The number of hydrogen-bond donors (Lipinski definition) is 0. The molecule has 1 aromatic heterocycles. The van der Waals surface area contributed by atoms with Gasteiger partial charge in [0.25, 0.3) is 0 Å². The standard InChI is InChI=1S/C15H10ClNO3S/c16-11-3-6-21-15(11)14(18)10(8-17)9-1-2-12-13(7-9)20-5-4-19-12/h1-3,6-7,10H,4-5H2. The number of thiophene rings is 1. The van der Waals surface area contributed by atoms with Crippen LogP contribution in [0.25, 0.3) is 0 Å². The SMILES string of the molecule is N#CC(C(=O)c1sccc1Cl)c1ccc2c(c1)OCCO2. The van der Waals surface area contributed by atoms with Crippen molar-refractivity contribution in [3.8, 4) is 17.6 Å². The van der Waals surface area contributed by atoms with Gasteiger partial charge in [0.1, 0.15) is 19.1 Å². The minimum absolute atomic E-state index is 0.297. The molecular formula is C15H10ClNO3S. The lowest BCUT2D eigenvalue weighted by atomic mass is 9.95. The summed E-state index contributed by atoms with van der Waals surface area (Å²) in [4.78, 5) is 12.9. The summed E-state index contributed by atoms with van der Waals surface area (Å²) in [6.07, 6.45) is 0. The van der Waals surface area contributed by atoms with Crippen molar-refractivity contribution in [2.75, 3.05) is 13.2 Å². The third kappa shape index (κ3) is 2.60. The van der Waals surface area contributed by atoms with Gasteiger partial charge in [0.15, 0.2) is 17.3 Å². The van der Waals surface area contributed by atoms with Gasteiger partial charge in [-0.1, -0.05) is 17.7 Å². The van der Waals surface area contributed by atoms with E-state index in [1.807, 2.05) is 6.07 Å². The molecule has 0 radical (unpaired) electrons. The molecule has 0 N–H and O–H groups in total. The van der Waals surface area contributed by atoms with Crippen LogP contribution in [-0.4, -0.2) is 19.0 Å². The predicted molar refractivity (Wildman–Crippen MR) is 79.4 cm³/mol. The highest BCUT2D eigenvalue weighted by Crippen LogP contribution is 2.35. The van der Waals surface area contributed by atoms with E-state index in [4.69, 9.17) is 21.1 Å². The number of carbonyl (C=O) groups is 1. The van der Waals surface area contributed by atoms with E-state index >= 15 is 0 Å². The first kappa shape index (κ1) is 13.9. The lowest BCUT2D eigenvalue weighted by Crippen LogP contribution is -2.16. The Bertz CT molecular complexity index is 735. The summed E-state index contributed by atoms with van der Waals surface area (Å²) < 4.78 is 10.9. The van der Waals surface area contributed by atoms with Crippen LogP contribution in [0.2, 0.25) is 5.02 Å². The zero-order valence-electron chi connectivity index (χ0n) is 10.8. The largest absolute Gasteiger partial charge is 0.486 e. The smallest absolute Gasteiger partial charge is 0.195 e. The molecule has 0 saturated carbocycles. The molecule has 21 heavy (non-hydrogen) atoms. The summed E-state index contributed by atoms with van der Waals surface area (Å²) in [5.41, 5.74) is 0.580.